The molecule has 1 amide bonds. The summed E-state index contributed by atoms with van der Waals surface area (Å²) in [6.07, 6.45) is 2.58. The number of hydrogen-bond acceptors (Lipinski definition) is 3. The van der Waals surface area contributed by atoms with Crippen LogP contribution in [-0.2, 0) is 17.8 Å². The lowest BCUT2D eigenvalue weighted by Gasteiger charge is -2.27. The van der Waals surface area contributed by atoms with Gasteiger partial charge in [0.25, 0.3) is 0 Å². The van der Waals surface area contributed by atoms with Gasteiger partial charge in [0.05, 0.1) is 31.8 Å². The molecule has 0 spiro atoms. The van der Waals surface area contributed by atoms with E-state index >= 15 is 0 Å². The average molecular weight is 322 g/mol. The number of carbonyl (C=O) groups excluding carboxylic acids is 1. The van der Waals surface area contributed by atoms with Gasteiger partial charge in [-0.2, -0.15) is 0 Å². The molecule has 5 nitrogen and oxygen atoms in total. The molecule has 0 saturated carbocycles. The first kappa shape index (κ1) is 14.7. The monoisotopic (exact) mass is 322 g/mol. The summed E-state index contributed by atoms with van der Waals surface area (Å²) in [7, 11) is 5.96. The summed E-state index contributed by atoms with van der Waals surface area (Å²) in [5.41, 5.74) is 1.99. The number of aromatic nitrogens is 3. The first-order valence-corrected chi connectivity index (χ1v) is 12.5. The Morgan fingerprint density at radius 2 is 2.33 bits per heavy atom. The molecule has 18 heavy (non-hydrogen) atoms. The molecule has 0 saturated heterocycles. The number of fused-ring (bicyclic) bond motifs is 1. The quantitative estimate of drug-likeness (QED) is 0.782. The molecule has 2 rings (SSSR count). The molecule has 0 aromatic carbocycles. The van der Waals surface area contributed by atoms with Gasteiger partial charge in [-0.3, -0.25) is 4.79 Å². The lowest BCUT2D eigenvalue weighted by Crippen LogP contribution is -2.37. The van der Waals surface area contributed by atoms with Gasteiger partial charge < -0.3 is 4.90 Å². The van der Waals surface area contributed by atoms with Crippen LogP contribution >= 0.6 is 33.3 Å². The second-order valence-electron chi connectivity index (χ2n) is 4.19. The summed E-state index contributed by atoms with van der Waals surface area (Å²) < 4.78 is 2.01. The standard InChI is InChI=1S/C9H18N4OP4/c1-2-3-4-12-6-8-7(5-9(12)14)10-11-13(8)18(16)17-15/h17H,2-6,15-16H2,1H3. The van der Waals surface area contributed by atoms with Gasteiger partial charge in [-0.1, -0.05) is 27.5 Å². The predicted molar refractivity (Wildman–Crippen MR) is 84.1 cm³/mol. The maximum atomic E-state index is 12.0. The molecular formula is C9H18N4OP4. The van der Waals surface area contributed by atoms with Crippen molar-refractivity contribution in [2.45, 2.75) is 32.7 Å². The topological polar surface area (TPSA) is 51.0 Å². The van der Waals surface area contributed by atoms with Gasteiger partial charge in [-0.15, -0.1) is 14.0 Å². The van der Waals surface area contributed by atoms with E-state index in [9.17, 15) is 4.79 Å². The van der Waals surface area contributed by atoms with E-state index in [2.05, 4.69) is 35.1 Å². The Labute approximate surface area is 115 Å². The highest BCUT2D eigenvalue weighted by molar-refractivity contribution is 8.60. The maximum absolute atomic E-state index is 12.0. The minimum Gasteiger partial charge on any atom is -0.336 e. The van der Waals surface area contributed by atoms with E-state index in [1.807, 2.05) is 9.35 Å². The van der Waals surface area contributed by atoms with Crippen LogP contribution in [0.5, 0.6) is 0 Å². The van der Waals surface area contributed by atoms with Crippen LogP contribution in [0.25, 0.3) is 0 Å². The largest absolute Gasteiger partial charge is 0.336 e. The van der Waals surface area contributed by atoms with Crippen LogP contribution in [0, 0.1) is 0 Å². The summed E-state index contributed by atoms with van der Waals surface area (Å²) in [6, 6.07) is 0. The molecule has 0 bridgehead atoms. The molecule has 1 aliphatic rings. The van der Waals surface area contributed by atoms with Gasteiger partial charge in [0.1, 0.15) is 0 Å². The molecule has 1 aliphatic heterocycles. The number of carbonyl (C=O) groups is 1. The van der Waals surface area contributed by atoms with Gasteiger partial charge in [-0.25, -0.2) is 4.45 Å². The zero-order chi connectivity index (χ0) is 13.1. The van der Waals surface area contributed by atoms with Crippen molar-refractivity contribution in [1.82, 2.24) is 19.7 Å². The Balaban J connectivity index is 2.18. The fraction of sp³-hybridized carbons (Fsp3) is 0.667. The third kappa shape index (κ3) is 3.07. The predicted octanol–water partition coefficient (Wildman–Crippen LogP) is 2.38. The highest BCUT2D eigenvalue weighted by Gasteiger charge is 2.28. The highest BCUT2D eigenvalue weighted by Crippen LogP contribution is 2.66. The zero-order valence-corrected chi connectivity index (χ0v) is 14.5. The van der Waals surface area contributed by atoms with Crippen molar-refractivity contribution >= 4 is 39.2 Å². The maximum Gasteiger partial charge on any atom is 0.229 e. The fourth-order valence-corrected chi connectivity index (χ4v) is 4.95. The van der Waals surface area contributed by atoms with Crippen molar-refractivity contribution in [3.63, 3.8) is 0 Å². The van der Waals surface area contributed by atoms with Crippen molar-refractivity contribution in [2.24, 2.45) is 0 Å². The van der Waals surface area contributed by atoms with Gasteiger partial charge in [0.15, 0.2) is 0 Å². The first-order valence-electron chi connectivity index (χ1n) is 5.90. The molecule has 100 valence electrons. The van der Waals surface area contributed by atoms with E-state index in [1.54, 1.807) is 0 Å². The molecule has 2 heterocycles. The highest BCUT2D eigenvalue weighted by atomic mass is 32.6. The second kappa shape index (κ2) is 6.67. The Hall–Kier alpha value is 0.330. The smallest absolute Gasteiger partial charge is 0.229 e. The SMILES string of the molecule is CCCCN1Cc2c(nnn2P(P)PP)CC1=O. The Morgan fingerprint density at radius 1 is 1.56 bits per heavy atom. The summed E-state index contributed by atoms with van der Waals surface area (Å²) in [5, 5.41) is 8.36. The first-order chi connectivity index (χ1) is 8.67. The van der Waals surface area contributed by atoms with Crippen molar-refractivity contribution in [1.29, 1.82) is 0 Å². The Kier molecular flexibility index (Phi) is 5.46. The number of unbranched alkanes of at least 4 members (excludes halogenated alkanes) is 1. The van der Waals surface area contributed by atoms with Crippen LogP contribution in [0.2, 0.25) is 0 Å². The minimum atomic E-state index is -0.385. The molecule has 0 fully saturated rings. The average Bonchev–Trinajstić information content (AvgIpc) is 2.77. The van der Waals surface area contributed by atoms with E-state index in [0.29, 0.717) is 13.0 Å². The van der Waals surface area contributed by atoms with Crippen LogP contribution < -0.4 is 0 Å². The third-order valence-electron chi connectivity index (χ3n) is 2.95. The van der Waals surface area contributed by atoms with Crippen molar-refractivity contribution in [2.75, 3.05) is 6.54 Å². The number of rotatable bonds is 5. The zero-order valence-electron chi connectivity index (χ0n) is 10.3. The van der Waals surface area contributed by atoms with Crippen LogP contribution in [0.1, 0.15) is 31.2 Å². The van der Waals surface area contributed by atoms with Gasteiger partial charge in [0.2, 0.25) is 5.91 Å². The minimum absolute atomic E-state index is 0.185. The van der Waals surface area contributed by atoms with Crippen LogP contribution in [0.3, 0.4) is 0 Å². The van der Waals surface area contributed by atoms with Crippen LogP contribution in [-0.4, -0.2) is 32.1 Å². The molecule has 0 aliphatic carbocycles. The number of hydrogen-bond donors (Lipinski definition) is 0. The molecule has 4 unspecified atom stereocenters. The third-order valence-corrected chi connectivity index (χ3v) is 12.4. The van der Waals surface area contributed by atoms with E-state index in [0.717, 1.165) is 38.7 Å². The van der Waals surface area contributed by atoms with E-state index < -0.39 is 0 Å². The van der Waals surface area contributed by atoms with Crippen molar-refractivity contribution in [3.05, 3.63) is 11.4 Å². The number of nitrogens with zero attached hydrogens (tertiary/aromatic N) is 4. The van der Waals surface area contributed by atoms with Gasteiger partial charge >= 0.3 is 0 Å². The van der Waals surface area contributed by atoms with Gasteiger partial charge in [-0.05, 0) is 14.4 Å². The lowest BCUT2D eigenvalue weighted by atomic mass is 10.1. The molecule has 9 heteroatoms. The number of amides is 1. The van der Waals surface area contributed by atoms with E-state index in [-0.39, 0.29) is 13.4 Å². The van der Waals surface area contributed by atoms with Gasteiger partial charge in [0, 0.05) is 6.54 Å². The van der Waals surface area contributed by atoms with E-state index in [1.165, 1.54) is 0 Å². The fourth-order valence-electron chi connectivity index (χ4n) is 1.92. The Morgan fingerprint density at radius 3 is 3.00 bits per heavy atom. The molecule has 1 aromatic heterocycles. The Bertz CT molecular complexity index is 438. The summed E-state index contributed by atoms with van der Waals surface area (Å²) in [5.74, 6) is 0.185. The van der Waals surface area contributed by atoms with E-state index in [4.69, 9.17) is 0 Å². The second-order valence-corrected chi connectivity index (χ2v) is 13.0. The van der Waals surface area contributed by atoms with Crippen molar-refractivity contribution in [3.8, 4) is 0 Å². The summed E-state index contributed by atoms with van der Waals surface area (Å²) in [4.78, 5) is 13.9. The summed E-state index contributed by atoms with van der Waals surface area (Å²) >= 11 is 0. The van der Waals surface area contributed by atoms with Crippen molar-refractivity contribution < 1.29 is 4.79 Å². The van der Waals surface area contributed by atoms with Crippen LogP contribution in [0.4, 0.5) is 0 Å². The van der Waals surface area contributed by atoms with Crippen LogP contribution in [0.15, 0.2) is 0 Å². The molecule has 0 radical (unpaired) electrons. The normalized spacial score (nSPS) is 17.5. The molecule has 0 N–H and O–H groups in total. The molecule has 1 aromatic rings. The summed E-state index contributed by atoms with van der Waals surface area (Å²) in [6.45, 7) is 3.66. The molecular weight excluding hydrogens is 304 g/mol. The molecule has 4 atom stereocenters. The lowest BCUT2D eigenvalue weighted by molar-refractivity contribution is -0.132.